The maximum atomic E-state index is 12.6. The topological polar surface area (TPSA) is 115 Å². The number of hydrogen-bond acceptors (Lipinski definition) is 5. The molecule has 27 heavy (non-hydrogen) atoms. The molecule has 0 aliphatic heterocycles. The number of hydrogen-bond donors (Lipinski definition) is 0. The van der Waals surface area contributed by atoms with Crippen LogP contribution in [0.3, 0.4) is 0 Å². The first-order valence-corrected chi connectivity index (χ1v) is 8.31. The second-order valence-electron chi connectivity index (χ2n) is 5.31. The average Bonchev–Trinajstić information content (AvgIpc) is 2.97. The first kappa shape index (κ1) is 23.6. The van der Waals surface area contributed by atoms with Gasteiger partial charge in [0.15, 0.2) is 5.78 Å². The SMILES string of the molecule is CCCn1cc(C(=O)C([O-])=Nc2c(Cl)cncc2Cl)c2cccnc21.O.[Na+]. The maximum Gasteiger partial charge on any atom is 1.00 e. The van der Waals surface area contributed by atoms with Crippen LogP contribution in [-0.4, -0.2) is 31.7 Å². The number of aromatic nitrogens is 3. The van der Waals surface area contributed by atoms with Crippen LogP contribution in [0.1, 0.15) is 23.7 Å². The van der Waals surface area contributed by atoms with Crippen LogP contribution in [0.15, 0.2) is 41.9 Å². The molecule has 0 aliphatic rings. The van der Waals surface area contributed by atoms with Crippen molar-refractivity contribution in [1.82, 2.24) is 14.5 Å². The van der Waals surface area contributed by atoms with Crippen LogP contribution < -0.4 is 34.7 Å². The summed E-state index contributed by atoms with van der Waals surface area (Å²) in [6, 6.07) is 3.47. The van der Waals surface area contributed by atoms with Crippen molar-refractivity contribution in [2.75, 3.05) is 0 Å². The number of Topliss-reactive ketones (excluding diaryl/α,β-unsaturated/α-hetero) is 1. The van der Waals surface area contributed by atoms with Gasteiger partial charge in [-0.15, -0.1) is 0 Å². The average molecular weight is 417 g/mol. The van der Waals surface area contributed by atoms with Gasteiger partial charge in [0.1, 0.15) is 11.3 Å². The Bertz CT molecular complexity index is 971. The van der Waals surface area contributed by atoms with Crippen molar-refractivity contribution in [2.45, 2.75) is 19.9 Å². The molecule has 2 N–H and O–H groups in total. The Hall–Kier alpha value is -1.48. The molecule has 0 radical (unpaired) electrons. The minimum atomic E-state index is -0.950. The molecule has 3 aromatic heterocycles. The van der Waals surface area contributed by atoms with Gasteiger partial charge in [0.25, 0.3) is 0 Å². The van der Waals surface area contributed by atoms with Crippen LogP contribution in [-0.2, 0) is 6.54 Å². The standard InChI is InChI=1S/C17H14Cl2N4O2.Na.H2O/c1-2-6-23-9-11(10-4-3-5-21-16(10)23)15(24)17(25)22-14-12(18)7-20-8-13(14)19;;/h3-5,7-9H,2,6H2,1H3,(H,20,22,25);;1H2/q;+1;/p-1. The van der Waals surface area contributed by atoms with Crippen LogP contribution in [0.5, 0.6) is 0 Å². The van der Waals surface area contributed by atoms with Crippen LogP contribution in [0.25, 0.3) is 11.0 Å². The van der Waals surface area contributed by atoms with E-state index in [1.165, 1.54) is 12.4 Å². The molecule has 0 saturated carbocycles. The van der Waals surface area contributed by atoms with Crippen molar-refractivity contribution >= 4 is 51.6 Å². The third-order valence-corrected chi connectivity index (χ3v) is 4.13. The number of aliphatic imine (C=N–C) groups is 1. The molecule has 0 aromatic carbocycles. The predicted molar refractivity (Wildman–Crippen MR) is 99.3 cm³/mol. The van der Waals surface area contributed by atoms with E-state index < -0.39 is 11.7 Å². The summed E-state index contributed by atoms with van der Waals surface area (Å²) in [5, 5.41) is 13.2. The van der Waals surface area contributed by atoms with E-state index in [0.717, 1.165) is 6.42 Å². The van der Waals surface area contributed by atoms with Crippen LogP contribution >= 0.6 is 23.2 Å². The number of halogens is 2. The van der Waals surface area contributed by atoms with Crippen molar-refractivity contribution in [3.05, 3.63) is 52.5 Å². The third-order valence-electron chi connectivity index (χ3n) is 3.58. The number of aryl methyl sites for hydroxylation is 1. The first-order chi connectivity index (χ1) is 12.0. The molecule has 3 rings (SSSR count). The summed E-state index contributed by atoms with van der Waals surface area (Å²) in [5.41, 5.74) is 0.944. The molecule has 0 saturated heterocycles. The summed E-state index contributed by atoms with van der Waals surface area (Å²) < 4.78 is 1.85. The molecule has 0 unspecified atom stereocenters. The zero-order valence-electron chi connectivity index (χ0n) is 14.7. The Labute approximate surface area is 187 Å². The van der Waals surface area contributed by atoms with E-state index in [2.05, 4.69) is 15.0 Å². The Balaban J connectivity index is 0.00000182. The van der Waals surface area contributed by atoms with Gasteiger partial charge in [-0.05, 0) is 18.6 Å². The van der Waals surface area contributed by atoms with Gasteiger partial charge in [-0.2, -0.15) is 0 Å². The van der Waals surface area contributed by atoms with Gasteiger partial charge < -0.3 is 15.1 Å². The Morgan fingerprint density at radius 3 is 2.59 bits per heavy atom. The van der Waals surface area contributed by atoms with E-state index in [1.807, 2.05) is 11.5 Å². The zero-order chi connectivity index (χ0) is 18.0. The number of fused-ring (bicyclic) bond motifs is 1. The minimum Gasteiger partial charge on any atom is -0.856 e. The molecular weight excluding hydrogens is 402 g/mol. The molecule has 7 nitrogen and oxygen atoms in total. The van der Waals surface area contributed by atoms with Crippen LogP contribution in [0, 0.1) is 0 Å². The number of nitrogens with zero attached hydrogens (tertiary/aromatic N) is 4. The van der Waals surface area contributed by atoms with Gasteiger partial charge in [-0.1, -0.05) is 30.1 Å². The fourth-order valence-electron chi connectivity index (χ4n) is 2.49. The van der Waals surface area contributed by atoms with Crippen molar-refractivity contribution in [2.24, 2.45) is 4.99 Å². The van der Waals surface area contributed by atoms with Crippen molar-refractivity contribution in [3.63, 3.8) is 0 Å². The van der Waals surface area contributed by atoms with E-state index in [-0.39, 0.29) is 56.3 Å². The van der Waals surface area contributed by atoms with Gasteiger partial charge >= 0.3 is 29.6 Å². The summed E-state index contributed by atoms with van der Waals surface area (Å²) in [5.74, 6) is -1.69. The molecule has 10 heteroatoms. The molecule has 3 heterocycles. The molecule has 0 bridgehead atoms. The predicted octanol–water partition coefficient (Wildman–Crippen LogP) is -0.399. The fraction of sp³-hybridized carbons (Fsp3) is 0.176. The number of carbonyl (C=O) groups excluding carboxylic acids is 1. The molecule has 136 valence electrons. The van der Waals surface area contributed by atoms with Crippen LogP contribution in [0.2, 0.25) is 10.0 Å². The van der Waals surface area contributed by atoms with Gasteiger partial charge in [0, 0.05) is 42.6 Å². The van der Waals surface area contributed by atoms with Gasteiger partial charge in [-0.25, -0.2) is 4.98 Å². The van der Waals surface area contributed by atoms with Crippen molar-refractivity contribution in [1.29, 1.82) is 0 Å². The largest absolute Gasteiger partial charge is 1.00 e. The van der Waals surface area contributed by atoms with E-state index in [4.69, 9.17) is 23.2 Å². The number of ketones is 1. The molecule has 3 aromatic rings. The number of rotatable bonds is 5. The fourth-order valence-corrected chi connectivity index (χ4v) is 2.94. The number of carbonyl (C=O) groups is 1. The summed E-state index contributed by atoms with van der Waals surface area (Å²) in [6.45, 7) is 2.71. The van der Waals surface area contributed by atoms with E-state index >= 15 is 0 Å². The minimum absolute atomic E-state index is 0. The smallest absolute Gasteiger partial charge is 0.856 e. The second-order valence-corrected chi connectivity index (χ2v) is 6.12. The summed E-state index contributed by atoms with van der Waals surface area (Å²) in [4.78, 5) is 24.5. The molecular formula is C17H15Cl2N4NaO3. The van der Waals surface area contributed by atoms with E-state index in [9.17, 15) is 9.90 Å². The molecule has 0 spiro atoms. The van der Waals surface area contributed by atoms with Crippen LogP contribution in [0.4, 0.5) is 5.69 Å². The molecule has 0 amide bonds. The third kappa shape index (κ3) is 4.87. The van der Waals surface area contributed by atoms with Gasteiger partial charge in [0.05, 0.1) is 15.6 Å². The summed E-state index contributed by atoms with van der Waals surface area (Å²) in [7, 11) is 0. The van der Waals surface area contributed by atoms with Gasteiger partial charge in [-0.3, -0.25) is 14.8 Å². The number of pyridine rings is 2. The van der Waals surface area contributed by atoms with Crippen molar-refractivity contribution in [3.8, 4) is 0 Å². The summed E-state index contributed by atoms with van der Waals surface area (Å²) in [6.07, 6.45) is 6.76. The monoisotopic (exact) mass is 416 g/mol. The van der Waals surface area contributed by atoms with Gasteiger partial charge in [0.2, 0.25) is 0 Å². The maximum absolute atomic E-state index is 12.6. The van der Waals surface area contributed by atoms with E-state index in [0.29, 0.717) is 17.6 Å². The Kier molecular flexibility index (Phi) is 8.87. The Morgan fingerprint density at radius 1 is 1.30 bits per heavy atom. The molecule has 0 atom stereocenters. The molecule has 0 fully saturated rings. The second kappa shape index (κ2) is 10.2. The Morgan fingerprint density at radius 2 is 1.96 bits per heavy atom. The zero-order valence-corrected chi connectivity index (χ0v) is 18.3. The normalized spacial score (nSPS) is 11.0. The first-order valence-electron chi connectivity index (χ1n) is 7.56. The van der Waals surface area contributed by atoms with Crippen molar-refractivity contribution < 1.29 is 44.9 Å². The molecule has 0 aliphatic carbocycles. The quantitative estimate of drug-likeness (QED) is 0.243. The summed E-state index contributed by atoms with van der Waals surface area (Å²) >= 11 is 11.9. The van der Waals surface area contributed by atoms with E-state index in [1.54, 1.807) is 24.5 Å².